The number of ether oxygens (including phenoxy) is 1. The first-order valence-corrected chi connectivity index (χ1v) is 12.9. The third-order valence-electron chi connectivity index (χ3n) is 7.13. The van der Waals surface area contributed by atoms with Crippen LogP contribution in [-0.2, 0) is 27.3 Å². The summed E-state index contributed by atoms with van der Waals surface area (Å²) in [6.45, 7) is 1.91. The van der Waals surface area contributed by atoms with E-state index in [9.17, 15) is 23.6 Å². The maximum absolute atomic E-state index is 14.2. The molecule has 204 valence electrons. The number of fused-ring (bicyclic) bond motifs is 2. The van der Waals surface area contributed by atoms with E-state index in [0.29, 0.717) is 28.6 Å². The molecule has 1 aliphatic carbocycles. The smallest absolute Gasteiger partial charge is 0.323 e. The molecule has 0 spiro atoms. The van der Waals surface area contributed by atoms with Gasteiger partial charge in [-0.1, -0.05) is 35.9 Å². The summed E-state index contributed by atoms with van der Waals surface area (Å²) in [5, 5.41) is 6.05. The number of rotatable bonds is 7. The van der Waals surface area contributed by atoms with E-state index in [1.165, 1.54) is 27.8 Å². The Labute approximate surface area is 228 Å². The van der Waals surface area contributed by atoms with Gasteiger partial charge in [-0.15, -0.1) is 0 Å². The Morgan fingerprint density at radius 3 is 2.72 bits per heavy atom. The number of hydrogen-bond acceptors (Lipinski definition) is 5. The maximum Gasteiger partial charge on any atom is 0.323 e. The lowest BCUT2D eigenvalue weighted by Gasteiger charge is -2.27. The molecular weight excluding hydrogens is 529 g/mol. The van der Waals surface area contributed by atoms with Gasteiger partial charge in [-0.2, -0.15) is 0 Å². The van der Waals surface area contributed by atoms with Gasteiger partial charge in [-0.05, 0) is 43.4 Å². The largest absolute Gasteiger partial charge is 0.466 e. The number of nitrogens with one attached hydrogen (secondary N) is 2. The van der Waals surface area contributed by atoms with E-state index in [1.54, 1.807) is 31.2 Å². The van der Waals surface area contributed by atoms with Gasteiger partial charge < -0.3 is 26.0 Å². The normalized spacial score (nSPS) is 19.5. The lowest BCUT2D eigenvalue weighted by molar-refractivity contribution is -0.142. The van der Waals surface area contributed by atoms with Crippen molar-refractivity contribution >= 4 is 52.1 Å². The van der Waals surface area contributed by atoms with Crippen LogP contribution in [0.4, 0.5) is 19.7 Å². The average molecular weight is 556 g/mol. The minimum Gasteiger partial charge on any atom is -0.466 e. The van der Waals surface area contributed by atoms with Crippen LogP contribution in [0.3, 0.4) is 0 Å². The number of carbonyl (C=O) groups is 4. The van der Waals surface area contributed by atoms with Crippen molar-refractivity contribution in [3.05, 3.63) is 64.6 Å². The van der Waals surface area contributed by atoms with E-state index in [4.69, 9.17) is 22.1 Å². The predicted octanol–water partition coefficient (Wildman–Crippen LogP) is 3.78. The molecule has 2 heterocycles. The molecule has 1 saturated heterocycles. The fourth-order valence-corrected chi connectivity index (χ4v) is 5.38. The zero-order chi connectivity index (χ0) is 27.8. The molecule has 5 rings (SSSR count). The van der Waals surface area contributed by atoms with Crippen molar-refractivity contribution in [1.29, 1.82) is 0 Å². The van der Waals surface area contributed by atoms with Crippen LogP contribution in [0.25, 0.3) is 10.9 Å². The molecule has 39 heavy (non-hydrogen) atoms. The monoisotopic (exact) mass is 555 g/mol. The van der Waals surface area contributed by atoms with Gasteiger partial charge >= 0.3 is 18.0 Å². The Balaban J connectivity index is 1.33. The molecule has 0 bridgehead atoms. The highest BCUT2D eigenvalue weighted by molar-refractivity contribution is 6.30. The van der Waals surface area contributed by atoms with Crippen LogP contribution in [0.15, 0.2) is 42.6 Å². The number of halogens is 2. The molecule has 12 heteroatoms. The molecule has 2 aromatic carbocycles. The summed E-state index contributed by atoms with van der Waals surface area (Å²) < 4.78 is 20.4. The molecule has 4 amide bonds. The van der Waals surface area contributed by atoms with Crippen LogP contribution in [0.1, 0.15) is 30.9 Å². The van der Waals surface area contributed by atoms with Gasteiger partial charge in [0.25, 0.3) is 0 Å². The topological polar surface area (TPSA) is 136 Å². The second kappa shape index (κ2) is 10.6. The first kappa shape index (κ1) is 26.5. The quantitative estimate of drug-likeness (QED) is 0.381. The van der Waals surface area contributed by atoms with Gasteiger partial charge in [0.2, 0.25) is 5.91 Å². The van der Waals surface area contributed by atoms with Gasteiger partial charge in [0.1, 0.15) is 11.9 Å². The summed E-state index contributed by atoms with van der Waals surface area (Å²) >= 11 is 5.83. The molecule has 2 fully saturated rings. The van der Waals surface area contributed by atoms with Crippen molar-refractivity contribution in [2.24, 2.45) is 11.7 Å². The van der Waals surface area contributed by atoms with Crippen LogP contribution >= 0.6 is 11.6 Å². The highest BCUT2D eigenvalue weighted by Gasteiger charge is 2.56. The number of primary amides is 1. The molecule has 1 aromatic heterocycles. The van der Waals surface area contributed by atoms with Crippen LogP contribution in [0.5, 0.6) is 0 Å². The Bertz CT molecular complexity index is 1490. The van der Waals surface area contributed by atoms with Gasteiger partial charge in [-0.25, -0.2) is 14.0 Å². The SMILES string of the molecule is CCOC(=O)Cc1ccc2c(NC(=O)N3[C@@H]4C[C@@H]4C[C@H]3C(=O)NCc3cccc(Cl)c3F)cn(C(N)=O)c2c1. The van der Waals surface area contributed by atoms with E-state index < -0.39 is 29.9 Å². The Kier molecular flexibility index (Phi) is 7.17. The van der Waals surface area contributed by atoms with Crippen molar-refractivity contribution in [1.82, 2.24) is 14.8 Å². The van der Waals surface area contributed by atoms with Crippen LogP contribution in [0, 0.1) is 11.7 Å². The number of anilines is 1. The number of amides is 4. The molecule has 3 atom stereocenters. The number of likely N-dealkylation sites (tertiary alicyclic amines) is 1. The molecule has 4 N–H and O–H groups in total. The van der Waals surface area contributed by atoms with E-state index in [-0.39, 0.29) is 48.0 Å². The number of esters is 1. The van der Waals surface area contributed by atoms with Crippen LogP contribution < -0.4 is 16.4 Å². The van der Waals surface area contributed by atoms with Crippen molar-refractivity contribution in [3.63, 3.8) is 0 Å². The number of carbonyl (C=O) groups excluding carboxylic acids is 4. The maximum atomic E-state index is 14.2. The lowest BCUT2D eigenvalue weighted by atomic mass is 10.1. The summed E-state index contributed by atoms with van der Waals surface area (Å²) in [6.07, 6.45) is 2.72. The van der Waals surface area contributed by atoms with Crippen LogP contribution in [0.2, 0.25) is 5.02 Å². The molecule has 0 unspecified atom stereocenters. The number of nitrogens with zero attached hydrogens (tertiary/aromatic N) is 2. The second-order valence-corrected chi connectivity index (χ2v) is 10.1. The van der Waals surface area contributed by atoms with Gasteiger partial charge in [-0.3, -0.25) is 14.2 Å². The summed E-state index contributed by atoms with van der Waals surface area (Å²) in [5.41, 5.74) is 7.18. The zero-order valence-corrected chi connectivity index (χ0v) is 21.8. The zero-order valence-electron chi connectivity index (χ0n) is 21.1. The molecule has 0 radical (unpaired) electrons. The third kappa shape index (κ3) is 5.26. The number of piperidine rings is 1. The Morgan fingerprint density at radius 2 is 1.97 bits per heavy atom. The summed E-state index contributed by atoms with van der Waals surface area (Å²) in [4.78, 5) is 52.0. The minimum absolute atomic E-state index is 0.0160. The second-order valence-electron chi connectivity index (χ2n) is 9.67. The molecule has 2 aliphatic rings. The number of urea groups is 1. The first-order chi connectivity index (χ1) is 18.7. The average Bonchev–Trinajstić information content (AvgIpc) is 3.40. The fraction of sp³-hybridized carbons (Fsp3) is 0.333. The Morgan fingerprint density at radius 1 is 1.18 bits per heavy atom. The number of aromatic nitrogens is 1. The molecule has 1 aliphatic heterocycles. The first-order valence-electron chi connectivity index (χ1n) is 12.6. The standard InChI is InChI=1S/C27H27ClFN5O5/c1-2-39-23(35)9-14-6-7-17-19(13-33(26(30)37)21(17)8-14)32-27(38)34-20-10-16(20)11-22(34)25(36)31-12-15-4-3-5-18(28)24(15)29/h3-8,13,16,20,22H,2,9-12H2,1H3,(H2,30,37)(H,31,36)(H,32,38)/t16-,20-,22+/m1/s1. The van der Waals surface area contributed by atoms with Crippen molar-refractivity contribution in [2.45, 2.75) is 44.8 Å². The summed E-state index contributed by atoms with van der Waals surface area (Å²) in [6, 6.07) is 7.53. The lowest BCUT2D eigenvalue weighted by Crippen LogP contribution is -2.49. The number of hydrogen-bond donors (Lipinski definition) is 3. The predicted molar refractivity (Wildman–Crippen MR) is 142 cm³/mol. The van der Waals surface area contributed by atoms with Crippen molar-refractivity contribution in [2.75, 3.05) is 11.9 Å². The van der Waals surface area contributed by atoms with E-state index >= 15 is 0 Å². The van der Waals surface area contributed by atoms with E-state index in [0.717, 1.165) is 6.42 Å². The van der Waals surface area contributed by atoms with Gasteiger partial charge in [0, 0.05) is 29.7 Å². The van der Waals surface area contributed by atoms with Crippen molar-refractivity contribution < 1.29 is 28.3 Å². The molecule has 10 nitrogen and oxygen atoms in total. The van der Waals surface area contributed by atoms with Gasteiger partial charge in [0.15, 0.2) is 0 Å². The number of benzene rings is 2. The van der Waals surface area contributed by atoms with E-state index in [2.05, 4.69) is 10.6 Å². The van der Waals surface area contributed by atoms with Crippen molar-refractivity contribution in [3.8, 4) is 0 Å². The van der Waals surface area contributed by atoms with Crippen LogP contribution in [-0.4, -0.2) is 52.1 Å². The Hall–Kier alpha value is -4.12. The molecule has 3 aromatic rings. The molecular formula is C27H27ClFN5O5. The number of nitrogens with two attached hydrogens (primary N) is 1. The molecule has 1 saturated carbocycles. The summed E-state index contributed by atoms with van der Waals surface area (Å²) in [7, 11) is 0. The highest BCUT2D eigenvalue weighted by atomic mass is 35.5. The fourth-order valence-electron chi connectivity index (χ4n) is 5.19. The van der Waals surface area contributed by atoms with E-state index in [1.807, 2.05) is 0 Å². The minimum atomic E-state index is -0.761. The highest BCUT2D eigenvalue weighted by Crippen LogP contribution is 2.48. The summed E-state index contributed by atoms with van der Waals surface area (Å²) in [5.74, 6) is -1.18. The van der Waals surface area contributed by atoms with Gasteiger partial charge in [0.05, 0.1) is 29.3 Å². The third-order valence-corrected chi connectivity index (χ3v) is 7.42.